The highest BCUT2D eigenvalue weighted by Crippen LogP contribution is 2.16. The summed E-state index contributed by atoms with van der Waals surface area (Å²) in [4.78, 5) is 23.9. The number of nitrogens with one attached hydrogen (secondary N) is 1. The van der Waals surface area contributed by atoms with Crippen molar-refractivity contribution < 1.29 is 14.3 Å². The fourth-order valence-electron chi connectivity index (χ4n) is 1.94. The molecular weight excluding hydrogens is 284 g/mol. The summed E-state index contributed by atoms with van der Waals surface area (Å²) in [6.45, 7) is 1.97. The first-order chi connectivity index (χ1) is 10.5. The number of esters is 1. The SMILES string of the molecule is CCOC(=O)c1cnn(C)c1NC(=O)Cc1ccc(N)cc1. The molecule has 0 saturated carbocycles. The zero-order valence-corrected chi connectivity index (χ0v) is 12.5. The molecule has 0 radical (unpaired) electrons. The number of carbonyl (C=O) groups excluding carboxylic acids is 2. The maximum atomic E-state index is 12.1. The first kappa shape index (κ1) is 15.6. The third-order valence-electron chi connectivity index (χ3n) is 3.04. The van der Waals surface area contributed by atoms with Crippen molar-refractivity contribution in [2.24, 2.45) is 7.05 Å². The van der Waals surface area contributed by atoms with Crippen LogP contribution < -0.4 is 11.1 Å². The first-order valence-electron chi connectivity index (χ1n) is 6.84. The Hall–Kier alpha value is -2.83. The minimum atomic E-state index is -0.515. The van der Waals surface area contributed by atoms with Gasteiger partial charge in [0.1, 0.15) is 11.4 Å². The Kier molecular flexibility index (Phi) is 4.77. The van der Waals surface area contributed by atoms with Crippen molar-refractivity contribution in [1.29, 1.82) is 0 Å². The van der Waals surface area contributed by atoms with E-state index in [2.05, 4.69) is 10.4 Å². The van der Waals surface area contributed by atoms with Crippen LogP contribution in [0.2, 0.25) is 0 Å². The average molecular weight is 302 g/mol. The van der Waals surface area contributed by atoms with Gasteiger partial charge in [-0.1, -0.05) is 12.1 Å². The second-order valence-corrected chi connectivity index (χ2v) is 4.72. The Morgan fingerprint density at radius 3 is 2.64 bits per heavy atom. The topological polar surface area (TPSA) is 99.2 Å². The summed E-state index contributed by atoms with van der Waals surface area (Å²) in [5, 5.41) is 6.67. The molecule has 0 atom stereocenters. The van der Waals surface area contributed by atoms with Crippen LogP contribution in [0.25, 0.3) is 0 Å². The molecule has 1 heterocycles. The number of nitrogen functional groups attached to an aromatic ring is 1. The number of carbonyl (C=O) groups is 2. The molecule has 0 aliphatic carbocycles. The molecule has 1 aromatic carbocycles. The minimum Gasteiger partial charge on any atom is -0.462 e. The van der Waals surface area contributed by atoms with Crippen molar-refractivity contribution in [1.82, 2.24) is 9.78 Å². The van der Waals surface area contributed by atoms with Gasteiger partial charge in [0.2, 0.25) is 5.91 Å². The lowest BCUT2D eigenvalue weighted by Gasteiger charge is -2.08. The number of nitrogens with two attached hydrogens (primary N) is 1. The monoisotopic (exact) mass is 302 g/mol. The number of ether oxygens (including phenoxy) is 1. The lowest BCUT2D eigenvalue weighted by Crippen LogP contribution is -2.19. The average Bonchev–Trinajstić information content (AvgIpc) is 2.83. The van der Waals surface area contributed by atoms with Gasteiger partial charge in [0, 0.05) is 12.7 Å². The molecular formula is C15H18N4O3. The summed E-state index contributed by atoms with van der Waals surface area (Å²) in [5.41, 5.74) is 7.30. The second-order valence-electron chi connectivity index (χ2n) is 4.72. The number of benzene rings is 1. The van der Waals surface area contributed by atoms with Crippen LogP contribution >= 0.6 is 0 Å². The number of hydrogen-bond acceptors (Lipinski definition) is 5. The Balaban J connectivity index is 2.09. The molecule has 2 aromatic rings. The standard InChI is InChI=1S/C15H18N4O3/c1-3-22-15(21)12-9-17-19(2)14(12)18-13(20)8-10-4-6-11(16)7-5-10/h4-7,9H,3,8,16H2,1-2H3,(H,18,20). The quantitative estimate of drug-likeness (QED) is 0.642. The van der Waals surface area contributed by atoms with E-state index >= 15 is 0 Å². The van der Waals surface area contributed by atoms with Gasteiger partial charge in [0.05, 0.1) is 19.2 Å². The van der Waals surface area contributed by atoms with Gasteiger partial charge in [-0.05, 0) is 24.6 Å². The number of anilines is 2. The maximum Gasteiger partial charge on any atom is 0.343 e. The molecule has 3 N–H and O–H groups in total. The van der Waals surface area contributed by atoms with E-state index in [4.69, 9.17) is 10.5 Å². The van der Waals surface area contributed by atoms with E-state index in [1.807, 2.05) is 0 Å². The van der Waals surface area contributed by atoms with E-state index < -0.39 is 5.97 Å². The number of aryl methyl sites for hydroxylation is 1. The molecule has 1 amide bonds. The highest BCUT2D eigenvalue weighted by Gasteiger charge is 2.19. The van der Waals surface area contributed by atoms with Crippen LogP contribution in [-0.4, -0.2) is 28.3 Å². The molecule has 116 valence electrons. The number of nitrogens with zero attached hydrogens (tertiary/aromatic N) is 2. The van der Waals surface area contributed by atoms with Crippen molar-refractivity contribution in [2.45, 2.75) is 13.3 Å². The first-order valence-corrected chi connectivity index (χ1v) is 6.84. The summed E-state index contributed by atoms with van der Waals surface area (Å²) in [6.07, 6.45) is 1.55. The third-order valence-corrected chi connectivity index (χ3v) is 3.04. The molecule has 0 saturated heterocycles. The van der Waals surface area contributed by atoms with E-state index in [9.17, 15) is 9.59 Å². The highest BCUT2D eigenvalue weighted by atomic mass is 16.5. The van der Waals surface area contributed by atoms with Gasteiger partial charge in [0.25, 0.3) is 0 Å². The number of rotatable bonds is 5. The number of hydrogen-bond donors (Lipinski definition) is 2. The van der Waals surface area contributed by atoms with Crippen molar-refractivity contribution in [3.8, 4) is 0 Å². The van der Waals surface area contributed by atoms with Crippen LogP contribution in [0.1, 0.15) is 22.8 Å². The molecule has 0 spiro atoms. The summed E-state index contributed by atoms with van der Waals surface area (Å²) in [6, 6.07) is 7.03. The smallest absolute Gasteiger partial charge is 0.343 e. The molecule has 0 aliphatic heterocycles. The van der Waals surface area contributed by atoms with Crippen molar-refractivity contribution in [3.63, 3.8) is 0 Å². The molecule has 0 unspecified atom stereocenters. The molecule has 7 heteroatoms. The molecule has 2 rings (SSSR count). The van der Waals surface area contributed by atoms with Crippen molar-refractivity contribution >= 4 is 23.4 Å². The third kappa shape index (κ3) is 3.63. The predicted octanol–water partition coefficient (Wildman–Crippen LogP) is 1.36. The molecule has 0 fully saturated rings. The van der Waals surface area contributed by atoms with Gasteiger partial charge >= 0.3 is 5.97 Å². The zero-order chi connectivity index (χ0) is 16.1. The Morgan fingerprint density at radius 1 is 1.32 bits per heavy atom. The normalized spacial score (nSPS) is 10.3. The summed E-state index contributed by atoms with van der Waals surface area (Å²) in [7, 11) is 1.64. The highest BCUT2D eigenvalue weighted by molar-refractivity contribution is 6.00. The van der Waals surface area contributed by atoms with Crippen LogP contribution in [0.3, 0.4) is 0 Å². The summed E-state index contributed by atoms with van der Waals surface area (Å²) < 4.78 is 6.36. The van der Waals surface area contributed by atoms with Crippen LogP contribution in [0.5, 0.6) is 0 Å². The van der Waals surface area contributed by atoms with E-state index in [0.717, 1.165) is 5.56 Å². The van der Waals surface area contributed by atoms with Crippen LogP contribution in [-0.2, 0) is 23.0 Å². The predicted molar refractivity (Wildman–Crippen MR) is 82.4 cm³/mol. The lowest BCUT2D eigenvalue weighted by atomic mass is 10.1. The fourth-order valence-corrected chi connectivity index (χ4v) is 1.94. The van der Waals surface area contributed by atoms with Gasteiger partial charge in [-0.2, -0.15) is 5.10 Å². The maximum absolute atomic E-state index is 12.1. The Labute approximate surface area is 128 Å². The van der Waals surface area contributed by atoms with Crippen molar-refractivity contribution in [2.75, 3.05) is 17.7 Å². The minimum absolute atomic E-state index is 0.174. The van der Waals surface area contributed by atoms with Gasteiger partial charge < -0.3 is 15.8 Å². The zero-order valence-electron chi connectivity index (χ0n) is 12.5. The van der Waals surface area contributed by atoms with E-state index in [-0.39, 0.29) is 24.5 Å². The van der Waals surface area contributed by atoms with Crippen molar-refractivity contribution in [3.05, 3.63) is 41.6 Å². The Bertz CT molecular complexity index is 677. The molecule has 7 nitrogen and oxygen atoms in total. The van der Waals surface area contributed by atoms with Crippen LogP contribution in [0.4, 0.5) is 11.5 Å². The number of amides is 1. The lowest BCUT2D eigenvalue weighted by molar-refractivity contribution is -0.115. The largest absolute Gasteiger partial charge is 0.462 e. The van der Waals surface area contributed by atoms with Gasteiger partial charge in [-0.25, -0.2) is 4.79 Å². The van der Waals surface area contributed by atoms with E-state index in [0.29, 0.717) is 11.5 Å². The Morgan fingerprint density at radius 2 is 2.00 bits per heavy atom. The molecule has 0 bridgehead atoms. The van der Waals surface area contributed by atoms with Gasteiger partial charge in [0.15, 0.2) is 0 Å². The molecule has 0 aliphatic rings. The summed E-state index contributed by atoms with van der Waals surface area (Å²) >= 11 is 0. The van der Waals surface area contributed by atoms with Gasteiger partial charge in [-0.3, -0.25) is 9.48 Å². The van der Waals surface area contributed by atoms with Gasteiger partial charge in [-0.15, -0.1) is 0 Å². The fraction of sp³-hybridized carbons (Fsp3) is 0.267. The van der Waals surface area contributed by atoms with Crippen LogP contribution in [0, 0.1) is 0 Å². The van der Waals surface area contributed by atoms with E-state index in [1.165, 1.54) is 10.9 Å². The second kappa shape index (κ2) is 6.75. The van der Waals surface area contributed by atoms with E-state index in [1.54, 1.807) is 38.2 Å². The molecule has 22 heavy (non-hydrogen) atoms. The number of aromatic nitrogens is 2. The summed E-state index contributed by atoms with van der Waals surface area (Å²) in [5.74, 6) is -0.448. The molecule has 1 aromatic heterocycles. The van der Waals surface area contributed by atoms with Crippen LogP contribution in [0.15, 0.2) is 30.5 Å².